The third kappa shape index (κ3) is 7.19. The maximum absolute atomic E-state index is 12.8. The summed E-state index contributed by atoms with van der Waals surface area (Å²) in [6.45, 7) is 0.910. The molecule has 176 valence electrons. The second-order valence-corrected chi connectivity index (χ2v) is 8.75. The van der Waals surface area contributed by atoms with Gasteiger partial charge < -0.3 is 15.4 Å². The van der Waals surface area contributed by atoms with Crippen molar-refractivity contribution in [3.63, 3.8) is 0 Å². The lowest BCUT2D eigenvalue weighted by molar-refractivity contribution is 0.0951. The average molecular weight is 484 g/mol. The summed E-state index contributed by atoms with van der Waals surface area (Å²) in [6, 6.07) is 27.7. The first kappa shape index (κ1) is 24.0. The zero-order valence-corrected chi connectivity index (χ0v) is 19.8. The molecule has 0 saturated heterocycles. The molecule has 0 bridgehead atoms. The van der Waals surface area contributed by atoms with E-state index in [-0.39, 0.29) is 11.8 Å². The number of carbonyl (C=O) groups excluding carboxylic acids is 2. The molecular weight excluding hydrogens is 458 g/mol. The van der Waals surface area contributed by atoms with Crippen molar-refractivity contribution in [1.29, 1.82) is 0 Å². The van der Waals surface area contributed by atoms with E-state index in [1.54, 1.807) is 72.7 Å². The number of nitrogens with one attached hydrogen (secondary N) is 2. The smallest absolute Gasteiger partial charge is 0.255 e. The molecule has 2 N–H and O–H groups in total. The van der Waals surface area contributed by atoms with Gasteiger partial charge in [-0.2, -0.15) is 0 Å². The molecule has 6 nitrogen and oxygen atoms in total. The Morgan fingerprint density at radius 1 is 0.829 bits per heavy atom. The fourth-order valence-corrected chi connectivity index (χ4v) is 4.06. The van der Waals surface area contributed by atoms with Crippen LogP contribution < -0.4 is 15.4 Å². The molecule has 7 heteroatoms. The van der Waals surface area contributed by atoms with Crippen LogP contribution in [0.3, 0.4) is 0 Å². The number of hydrogen-bond acceptors (Lipinski definition) is 5. The zero-order chi connectivity index (χ0) is 24.3. The van der Waals surface area contributed by atoms with Gasteiger partial charge in [0, 0.05) is 35.2 Å². The van der Waals surface area contributed by atoms with Crippen molar-refractivity contribution in [3.05, 3.63) is 120 Å². The number of carbonyl (C=O) groups is 2. The molecule has 0 unspecified atom stereocenters. The number of anilines is 1. The third-order valence-corrected chi connectivity index (χ3v) is 6.05. The van der Waals surface area contributed by atoms with Crippen LogP contribution in [0.2, 0.25) is 0 Å². The number of hydrogen-bond donors (Lipinski definition) is 2. The Morgan fingerprint density at radius 2 is 1.60 bits per heavy atom. The number of amides is 2. The first-order valence-corrected chi connectivity index (χ1v) is 12.2. The normalized spacial score (nSPS) is 10.4. The zero-order valence-electron chi connectivity index (χ0n) is 19.0. The highest BCUT2D eigenvalue weighted by molar-refractivity contribution is 7.99. The lowest BCUT2D eigenvalue weighted by Gasteiger charge is -2.12. The standard InChI is InChI=1S/C28H25N3O3S/c32-27(22-12-14-23(15-13-22)34-17-18-35-24-8-2-1-3-9-24)31-26-11-5-4-10-25(26)28(33)30-20-21-7-6-16-29-19-21/h1-16,19H,17-18,20H2,(H,30,33)(H,31,32). The molecule has 0 radical (unpaired) electrons. The summed E-state index contributed by atoms with van der Waals surface area (Å²) in [6.07, 6.45) is 3.38. The van der Waals surface area contributed by atoms with Crippen molar-refractivity contribution in [2.24, 2.45) is 0 Å². The Morgan fingerprint density at radius 3 is 2.37 bits per heavy atom. The van der Waals surface area contributed by atoms with E-state index in [4.69, 9.17) is 4.74 Å². The van der Waals surface area contributed by atoms with E-state index in [0.717, 1.165) is 11.3 Å². The summed E-state index contributed by atoms with van der Waals surface area (Å²) in [5.74, 6) is 0.947. The maximum Gasteiger partial charge on any atom is 0.255 e. The van der Waals surface area contributed by atoms with Crippen LogP contribution in [0.15, 0.2) is 108 Å². The monoisotopic (exact) mass is 483 g/mol. The van der Waals surface area contributed by atoms with Gasteiger partial charge in [0.2, 0.25) is 0 Å². The van der Waals surface area contributed by atoms with E-state index in [1.165, 1.54) is 4.90 Å². The first-order valence-electron chi connectivity index (χ1n) is 11.2. The van der Waals surface area contributed by atoms with Gasteiger partial charge in [0.15, 0.2) is 0 Å². The summed E-state index contributed by atoms with van der Waals surface area (Å²) in [7, 11) is 0. The predicted octanol–water partition coefficient (Wildman–Crippen LogP) is 5.44. The molecule has 4 rings (SSSR count). The van der Waals surface area contributed by atoms with E-state index in [1.807, 2.05) is 30.3 Å². The van der Waals surface area contributed by atoms with Crippen LogP contribution in [0.25, 0.3) is 0 Å². The number of nitrogens with zero attached hydrogens (tertiary/aromatic N) is 1. The molecule has 4 aromatic rings. The van der Waals surface area contributed by atoms with Gasteiger partial charge in [-0.25, -0.2) is 0 Å². The van der Waals surface area contributed by atoms with E-state index < -0.39 is 0 Å². The molecule has 0 fully saturated rings. The van der Waals surface area contributed by atoms with Gasteiger partial charge in [0.1, 0.15) is 5.75 Å². The second kappa shape index (κ2) is 12.4. The molecule has 1 aromatic heterocycles. The molecule has 0 aliphatic rings. The molecule has 1 heterocycles. The Hall–Kier alpha value is -4.10. The topological polar surface area (TPSA) is 80.3 Å². The second-order valence-electron chi connectivity index (χ2n) is 7.58. The molecule has 0 aliphatic carbocycles. The quantitative estimate of drug-likeness (QED) is 0.232. The number of rotatable bonds is 10. The van der Waals surface area contributed by atoms with E-state index in [9.17, 15) is 9.59 Å². The minimum Gasteiger partial charge on any atom is -0.493 e. The van der Waals surface area contributed by atoms with Crippen LogP contribution in [0.5, 0.6) is 5.75 Å². The van der Waals surface area contributed by atoms with Gasteiger partial charge in [-0.1, -0.05) is 36.4 Å². The van der Waals surface area contributed by atoms with Crippen molar-refractivity contribution in [2.75, 3.05) is 17.7 Å². The third-order valence-electron chi connectivity index (χ3n) is 5.08. The summed E-state index contributed by atoms with van der Waals surface area (Å²) in [4.78, 5) is 30.8. The summed E-state index contributed by atoms with van der Waals surface area (Å²) >= 11 is 1.73. The molecule has 3 aromatic carbocycles. The molecule has 0 spiro atoms. The van der Waals surface area contributed by atoms with Crippen molar-refractivity contribution in [1.82, 2.24) is 10.3 Å². The van der Waals surface area contributed by atoms with Gasteiger partial charge in [-0.15, -0.1) is 11.8 Å². The van der Waals surface area contributed by atoms with Gasteiger partial charge in [0.05, 0.1) is 17.9 Å². The average Bonchev–Trinajstić information content (AvgIpc) is 2.91. The molecule has 0 atom stereocenters. The molecule has 0 saturated carbocycles. The lowest BCUT2D eigenvalue weighted by Crippen LogP contribution is -2.25. The van der Waals surface area contributed by atoms with E-state index in [0.29, 0.717) is 35.7 Å². The highest BCUT2D eigenvalue weighted by Gasteiger charge is 2.14. The van der Waals surface area contributed by atoms with Crippen molar-refractivity contribution < 1.29 is 14.3 Å². The first-order chi connectivity index (χ1) is 17.2. The van der Waals surface area contributed by atoms with Crippen LogP contribution >= 0.6 is 11.8 Å². The summed E-state index contributed by atoms with van der Waals surface area (Å²) < 4.78 is 5.78. The van der Waals surface area contributed by atoms with Crippen LogP contribution in [-0.4, -0.2) is 29.2 Å². The fourth-order valence-electron chi connectivity index (χ4n) is 3.30. The fraction of sp³-hybridized carbons (Fsp3) is 0.107. The number of benzene rings is 3. The van der Waals surface area contributed by atoms with Crippen LogP contribution in [0, 0.1) is 0 Å². The van der Waals surface area contributed by atoms with Gasteiger partial charge in [0.25, 0.3) is 11.8 Å². The lowest BCUT2D eigenvalue weighted by atomic mass is 10.1. The van der Waals surface area contributed by atoms with Gasteiger partial charge in [-0.3, -0.25) is 14.6 Å². The minimum atomic E-state index is -0.302. The van der Waals surface area contributed by atoms with Crippen LogP contribution in [0.4, 0.5) is 5.69 Å². The number of ether oxygens (including phenoxy) is 1. The predicted molar refractivity (Wildman–Crippen MR) is 139 cm³/mol. The molecule has 35 heavy (non-hydrogen) atoms. The largest absolute Gasteiger partial charge is 0.493 e. The van der Waals surface area contributed by atoms with Gasteiger partial charge >= 0.3 is 0 Å². The summed E-state index contributed by atoms with van der Waals surface area (Å²) in [5, 5.41) is 5.70. The van der Waals surface area contributed by atoms with Crippen molar-refractivity contribution in [2.45, 2.75) is 11.4 Å². The molecule has 2 amide bonds. The highest BCUT2D eigenvalue weighted by atomic mass is 32.2. The molecule has 0 aliphatic heterocycles. The van der Waals surface area contributed by atoms with E-state index >= 15 is 0 Å². The molecular formula is C28H25N3O3S. The van der Waals surface area contributed by atoms with Crippen molar-refractivity contribution in [3.8, 4) is 5.75 Å². The van der Waals surface area contributed by atoms with Crippen molar-refractivity contribution >= 4 is 29.3 Å². The number of aromatic nitrogens is 1. The van der Waals surface area contributed by atoms with Gasteiger partial charge in [-0.05, 0) is 60.2 Å². The number of thioether (sulfide) groups is 1. The van der Waals surface area contributed by atoms with E-state index in [2.05, 4.69) is 27.8 Å². The SMILES string of the molecule is O=C(Nc1ccccc1C(=O)NCc1cccnc1)c1ccc(OCCSc2ccccc2)cc1. The van der Waals surface area contributed by atoms with Crippen LogP contribution in [0.1, 0.15) is 26.3 Å². The highest BCUT2D eigenvalue weighted by Crippen LogP contribution is 2.20. The Bertz CT molecular complexity index is 1250. The Labute approximate surface area is 208 Å². The maximum atomic E-state index is 12.8. The van der Waals surface area contributed by atoms with Crippen LogP contribution in [-0.2, 0) is 6.54 Å². The number of para-hydroxylation sites is 1. The Balaban J connectivity index is 1.30. The summed E-state index contributed by atoms with van der Waals surface area (Å²) in [5.41, 5.74) is 2.20. The number of pyridine rings is 1. The Kier molecular flexibility index (Phi) is 8.51. The minimum absolute atomic E-state index is 0.276.